The third kappa shape index (κ3) is 5.76. The number of piperidine rings is 1. The number of carbonyl (C=O) groups is 2. The average molecular weight is 354 g/mol. The monoisotopic (exact) mass is 353 g/mol. The van der Waals surface area contributed by atoms with Gasteiger partial charge < -0.3 is 4.90 Å². The molecule has 2 rings (SSSR count). The number of likely N-dealkylation sites (tertiary alicyclic amines) is 1. The number of Topliss-reactive ketones (excluding diaryl/α,β-unsaturated/α-hetero) is 1. The molecule has 1 aliphatic heterocycles. The van der Waals surface area contributed by atoms with Gasteiger partial charge in [-0.15, -0.1) is 0 Å². The number of carbonyl (C=O) groups excluding carboxylic acids is 2. The van der Waals surface area contributed by atoms with Crippen molar-refractivity contribution in [2.75, 3.05) is 19.6 Å². The summed E-state index contributed by atoms with van der Waals surface area (Å²) >= 11 is 11.9. The Morgan fingerprint density at radius 3 is 2.83 bits per heavy atom. The van der Waals surface area contributed by atoms with Gasteiger partial charge in [0.1, 0.15) is 5.78 Å². The van der Waals surface area contributed by atoms with E-state index in [9.17, 15) is 9.59 Å². The van der Waals surface area contributed by atoms with Gasteiger partial charge in [-0.1, -0.05) is 29.3 Å². The first kappa shape index (κ1) is 18.2. The van der Waals surface area contributed by atoms with Crippen LogP contribution in [-0.2, 0) is 9.59 Å². The van der Waals surface area contributed by atoms with Crippen LogP contribution in [-0.4, -0.2) is 36.1 Å². The van der Waals surface area contributed by atoms with Crippen molar-refractivity contribution in [3.8, 4) is 0 Å². The normalized spacial score (nSPS) is 19.2. The van der Waals surface area contributed by atoms with E-state index in [-0.39, 0.29) is 17.5 Å². The lowest BCUT2D eigenvalue weighted by atomic mass is 9.94. The highest BCUT2D eigenvalue weighted by molar-refractivity contribution is 6.35. The Kier molecular flexibility index (Phi) is 6.82. The van der Waals surface area contributed by atoms with E-state index >= 15 is 0 Å². The summed E-state index contributed by atoms with van der Waals surface area (Å²) in [7, 11) is 0. The number of allylic oxidation sites excluding steroid dienone is 1. The molecule has 1 aliphatic rings. The van der Waals surface area contributed by atoms with Crippen LogP contribution < -0.4 is 0 Å². The van der Waals surface area contributed by atoms with Gasteiger partial charge in [0.05, 0.1) is 0 Å². The van der Waals surface area contributed by atoms with Gasteiger partial charge in [0.15, 0.2) is 5.78 Å². The summed E-state index contributed by atoms with van der Waals surface area (Å²) in [5.41, 5.74) is 0.777. The van der Waals surface area contributed by atoms with Gasteiger partial charge in [-0.3, -0.25) is 9.59 Å². The first-order valence-corrected chi connectivity index (χ1v) is 8.60. The molecule has 0 spiro atoms. The number of ketones is 2. The van der Waals surface area contributed by atoms with E-state index in [0.29, 0.717) is 23.0 Å². The molecule has 0 N–H and O–H groups in total. The summed E-state index contributed by atoms with van der Waals surface area (Å²) in [5.74, 6) is 0.432. The third-order valence-corrected chi connectivity index (χ3v) is 4.73. The number of benzene rings is 1. The molecule has 0 amide bonds. The van der Waals surface area contributed by atoms with E-state index in [1.54, 1.807) is 37.3 Å². The lowest BCUT2D eigenvalue weighted by Crippen LogP contribution is -2.39. The second kappa shape index (κ2) is 8.62. The molecule has 0 bridgehead atoms. The molecule has 124 valence electrons. The molecule has 5 heteroatoms. The van der Waals surface area contributed by atoms with Crippen LogP contribution in [0.25, 0.3) is 6.08 Å². The Hall–Kier alpha value is -1.16. The molecule has 1 aromatic rings. The van der Waals surface area contributed by atoms with E-state index in [0.717, 1.165) is 31.5 Å². The summed E-state index contributed by atoms with van der Waals surface area (Å²) in [5, 5.41) is 1.10. The van der Waals surface area contributed by atoms with Gasteiger partial charge in [-0.05, 0) is 56.2 Å². The summed E-state index contributed by atoms with van der Waals surface area (Å²) in [6.45, 7) is 4.08. The standard InChI is InChI=1S/C18H21Cl2NO2/c1-13(22)15-3-2-9-21(12-15)10-8-17(23)7-5-14-4-6-16(19)11-18(14)20/h4-7,11,15H,2-3,8-10,12H2,1H3/b7-5+. The van der Waals surface area contributed by atoms with Gasteiger partial charge in [-0.2, -0.15) is 0 Å². The predicted molar refractivity (Wildman–Crippen MR) is 95.0 cm³/mol. The van der Waals surface area contributed by atoms with E-state index in [1.807, 2.05) is 0 Å². The zero-order valence-corrected chi connectivity index (χ0v) is 14.7. The van der Waals surface area contributed by atoms with Crippen molar-refractivity contribution in [3.05, 3.63) is 39.9 Å². The van der Waals surface area contributed by atoms with Crippen LogP contribution in [0.5, 0.6) is 0 Å². The number of hydrogen-bond donors (Lipinski definition) is 0. The predicted octanol–water partition coefficient (Wildman–Crippen LogP) is 4.27. The highest BCUT2D eigenvalue weighted by atomic mass is 35.5. The molecular formula is C18H21Cl2NO2. The third-order valence-electron chi connectivity index (χ3n) is 4.17. The second-order valence-corrected chi connectivity index (χ2v) is 6.81. The molecule has 3 nitrogen and oxygen atoms in total. The Morgan fingerprint density at radius 1 is 1.35 bits per heavy atom. The minimum atomic E-state index is 0.0564. The molecule has 1 aromatic carbocycles. The fraction of sp³-hybridized carbons (Fsp3) is 0.444. The molecule has 0 aromatic heterocycles. The highest BCUT2D eigenvalue weighted by Gasteiger charge is 2.22. The fourth-order valence-corrected chi connectivity index (χ4v) is 3.23. The van der Waals surface area contributed by atoms with Crippen LogP contribution in [0.1, 0.15) is 31.7 Å². The summed E-state index contributed by atoms with van der Waals surface area (Å²) < 4.78 is 0. The maximum Gasteiger partial charge on any atom is 0.156 e. The molecule has 1 atom stereocenters. The molecule has 1 fully saturated rings. The van der Waals surface area contributed by atoms with Crippen molar-refractivity contribution in [1.82, 2.24) is 4.90 Å². The Balaban J connectivity index is 1.83. The quantitative estimate of drug-likeness (QED) is 0.716. The molecule has 0 aliphatic carbocycles. The maximum absolute atomic E-state index is 12.0. The van der Waals surface area contributed by atoms with Crippen LogP contribution in [0.2, 0.25) is 10.0 Å². The van der Waals surface area contributed by atoms with Crippen LogP contribution >= 0.6 is 23.2 Å². The van der Waals surface area contributed by atoms with Gasteiger partial charge in [0, 0.05) is 35.5 Å². The zero-order valence-electron chi connectivity index (χ0n) is 13.2. The number of hydrogen-bond acceptors (Lipinski definition) is 3. The molecule has 23 heavy (non-hydrogen) atoms. The minimum Gasteiger partial charge on any atom is -0.302 e. The van der Waals surface area contributed by atoms with Crippen molar-refractivity contribution < 1.29 is 9.59 Å². The van der Waals surface area contributed by atoms with Crippen molar-refractivity contribution >= 4 is 40.8 Å². The fourth-order valence-electron chi connectivity index (χ4n) is 2.76. The van der Waals surface area contributed by atoms with Crippen LogP contribution in [0.15, 0.2) is 24.3 Å². The summed E-state index contributed by atoms with van der Waals surface area (Å²) in [4.78, 5) is 25.7. The van der Waals surface area contributed by atoms with Gasteiger partial charge >= 0.3 is 0 Å². The highest BCUT2D eigenvalue weighted by Crippen LogP contribution is 2.22. The zero-order chi connectivity index (χ0) is 16.8. The minimum absolute atomic E-state index is 0.0564. The van der Waals surface area contributed by atoms with Gasteiger partial charge in [-0.25, -0.2) is 0 Å². The first-order chi connectivity index (χ1) is 11.0. The van der Waals surface area contributed by atoms with Crippen LogP contribution in [0.4, 0.5) is 0 Å². The van der Waals surface area contributed by atoms with E-state index in [2.05, 4.69) is 4.90 Å². The number of nitrogens with zero attached hydrogens (tertiary/aromatic N) is 1. The number of halogens is 2. The van der Waals surface area contributed by atoms with Crippen LogP contribution in [0.3, 0.4) is 0 Å². The van der Waals surface area contributed by atoms with Crippen molar-refractivity contribution in [3.63, 3.8) is 0 Å². The molecule has 1 unspecified atom stereocenters. The van der Waals surface area contributed by atoms with Crippen molar-refractivity contribution in [2.24, 2.45) is 5.92 Å². The van der Waals surface area contributed by atoms with E-state index in [4.69, 9.17) is 23.2 Å². The Morgan fingerprint density at radius 2 is 2.13 bits per heavy atom. The van der Waals surface area contributed by atoms with Crippen molar-refractivity contribution in [1.29, 1.82) is 0 Å². The SMILES string of the molecule is CC(=O)C1CCCN(CCC(=O)/C=C/c2ccc(Cl)cc2Cl)C1. The number of rotatable bonds is 6. The van der Waals surface area contributed by atoms with E-state index < -0.39 is 0 Å². The smallest absolute Gasteiger partial charge is 0.156 e. The van der Waals surface area contributed by atoms with Crippen LogP contribution in [0, 0.1) is 5.92 Å². The summed E-state index contributed by atoms with van der Waals surface area (Å²) in [6.07, 6.45) is 5.72. The maximum atomic E-state index is 12.0. The Bertz CT molecular complexity index is 613. The van der Waals surface area contributed by atoms with Gasteiger partial charge in [0.2, 0.25) is 0 Å². The topological polar surface area (TPSA) is 37.4 Å². The molecule has 0 radical (unpaired) electrons. The van der Waals surface area contributed by atoms with Gasteiger partial charge in [0.25, 0.3) is 0 Å². The molecule has 1 saturated heterocycles. The van der Waals surface area contributed by atoms with Crippen molar-refractivity contribution in [2.45, 2.75) is 26.2 Å². The Labute approximate surface area is 147 Å². The first-order valence-electron chi connectivity index (χ1n) is 7.84. The lowest BCUT2D eigenvalue weighted by Gasteiger charge is -2.31. The summed E-state index contributed by atoms with van der Waals surface area (Å²) in [6, 6.07) is 5.19. The largest absolute Gasteiger partial charge is 0.302 e. The lowest BCUT2D eigenvalue weighted by molar-refractivity contribution is -0.122. The average Bonchev–Trinajstić information content (AvgIpc) is 2.52. The molecular weight excluding hydrogens is 333 g/mol. The second-order valence-electron chi connectivity index (χ2n) is 5.97. The molecule has 0 saturated carbocycles. The molecule has 1 heterocycles. The van der Waals surface area contributed by atoms with E-state index in [1.165, 1.54) is 0 Å².